The minimum absolute atomic E-state index is 0.319. The van der Waals surface area contributed by atoms with Gasteiger partial charge in [-0.3, -0.25) is 0 Å². The Morgan fingerprint density at radius 2 is 1.90 bits per heavy atom. The number of benzene rings is 1. The topological polar surface area (TPSA) is 48.1 Å². The molecule has 1 aromatic carbocycles. The van der Waals surface area contributed by atoms with E-state index in [0.717, 1.165) is 16.3 Å². The van der Waals surface area contributed by atoms with E-state index in [1.165, 1.54) is 23.4 Å². The van der Waals surface area contributed by atoms with Crippen LogP contribution in [0, 0.1) is 0 Å². The maximum Gasteiger partial charge on any atom is 0.123 e. The monoisotopic (exact) mass is 288 g/mol. The summed E-state index contributed by atoms with van der Waals surface area (Å²) in [5, 5.41) is 1.06. The number of hydrogen-bond acceptors (Lipinski definition) is 4. The lowest BCUT2D eigenvalue weighted by molar-refractivity contribution is 0.415. The number of rotatable bonds is 4. The van der Waals surface area contributed by atoms with Gasteiger partial charge in [0.15, 0.2) is 0 Å². The fourth-order valence-corrected chi connectivity index (χ4v) is 3.46. The Kier molecular flexibility index (Phi) is 3.30. The van der Waals surface area contributed by atoms with Gasteiger partial charge in [-0.05, 0) is 51.0 Å². The second kappa shape index (κ2) is 4.86. The molecule has 0 amide bonds. The molecule has 1 fully saturated rings. The maximum absolute atomic E-state index is 6.31. The van der Waals surface area contributed by atoms with E-state index in [0.29, 0.717) is 5.92 Å². The van der Waals surface area contributed by atoms with E-state index in [1.54, 1.807) is 18.4 Å². The number of aromatic nitrogens is 1. The van der Waals surface area contributed by atoms with Crippen molar-refractivity contribution in [3.05, 3.63) is 34.8 Å². The number of nitrogens with zero attached hydrogens (tertiary/aromatic N) is 1. The van der Waals surface area contributed by atoms with Gasteiger partial charge in [0.1, 0.15) is 10.8 Å². The third-order valence-corrected chi connectivity index (χ3v) is 5.00. The first kappa shape index (κ1) is 13.6. The summed E-state index contributed by atoms with van der Waals surface area (Å²) < 4.78 is 5.20. The van der Waals surface area contributed by atoms with Crippen LogP contribution >= 0.6 is 11.3 Å². The van der Waals surface area contributed by atoms with Crippen LogP contribution in [0.25, 0.3) is 10.6 Å². The highest BCUT2D eigenvalue weighted by molar-refractivity contribution is 7.15. The molecule has 20 heavy (non-hydrogen) atoms. The van der Waals surface area contributed by atoms with Crippen molar-refractivity contribution >= 4 is 11.3 Å². The van der Waals surface area contributed by atoms with Gasteiger partial charge in [0.2, 0.25) is 0 Å². The Hall–Kier alpha value is -1.39. The van der Waals surface area contributed by atoms with Gasteiger partial charge in [0, 0.05) is 21.9 Å². The van der Waals surface area contributed by atoms with Gasteiger partial charge in [-0.25, -0.2) is 4.98 Å². The fourth-order valence-electron chi connectivity index (χ4n) is 2.28. The van der Waals surface area contributed by atoms with E-state index < -0.39 is 0 Å². The lowest BCUT2D eigenvalue weighted by Gasteiger charge is -2.17. The highest BCUT2D eigenvalue weighted by Gasteiger charge is 2.34. The maximum atomic E-state index is 6.31. The van der Waals surface area contributed by atoms with E-state index >= 15 is 0 Å². The molecule has 1 aliphatic rings. The third kappa shape index (κ3) is 2.58. The summed E-state index contributed by atoms with van der Waals surface area (Å²) in [5.74, 6) is 1.49. The van der Waals surface area contributed by atoms with Crippen molar-refractivity contribution in [1.82, 2.24) is 4.98 Å². The number of nitrogens with two attached hydrogens (primary N) is 1. The molecule has 0 aliphatic heterocycles. The van der Waals surface area contributed by atoms with Crippen molar-refractivity contribution < 1.29 is 4.74 Å². The Balaban J connectivity index is 2.01. The van der Waals surface area contributed by atoms with Gasteiger partial charge in [-0.1, -0.05) is 0 Å². The summed E-state index contributed by atoms with van der Waals surface area (Å²) in [6.45, 7) is 4.12. The van der Waals surface area contributed by atoms with Crippen molar-refractivity contribution in [3.8, 4) is 16.3 Å². The molecule has 2 N–H and O–H groups in total. The molecular weight excluding hydrogens is 268 g/mol. The number of hydrogen-bond donors (Lipinski definition) is 1. The molecule has 0 bridgehead atoms. The predicted octanol–water partition coefficient (Wildman–Crippen LogP) is 3.89. The summed E-state index contributed by atoms with van der Waals surface area (Å²) in [4.78, 5) is 6.09. The molecule has 2 aromatic rings. The van der Waals surface area contributed by atoms with Crippen LogP contribution in [0.2, 0.25) is 0 Å². The largest absolute Gasteiger partial charge is 0.497 e. The summed E-state index contributed by atoms with van der Waals surface area (Å²) in [5.41, 5.74) is 8.34. The lowest BCUT2D eigenvalue weighted by Crippen LogP contribution is -2.28. The number of methoxy groups -OCH3 is 1. The minimum atomic E-state index is -0.319. The van der Waals surface area contributed by atoms with Crippen LogP contribution in [0.4, 0.5) is 0 Å². The number of ether oxygens (including phenoxy) is 1. The summed E-state index contributed by atoms with van der Waals surface area (Å²) in [6.07, 6.45) is 2.49. The number of thiazole rings is 1. The highest BCUT2D eigenvalue weighted by atomic mass is 32.1. The zero-order valence-corrected chi connectivity index (χ0v) is 13.0. The zero-order valence-electron chi connectivity index (χ0n) is 12.1. The minimum Gasteiger partial charge on any atom is -0.497 e. The molecule has 0 unspecified atom stereocenters. The second-order valence-corrected chi connectivity index (χ2v) is 6.96. The van der Waals surface area contributed by atoms with Gasteiger partial charge >= 0.3 is 0 Å². The van der Waals surface area contributed by atoms with E-state index in [2.05, 4.69) is 26.0 Å². The van der Waals surface area contributed by atoms with Gasteiger partial charge in [0.05, 0.1) is 12.8 Å². The summed E-state index contributed by atoms with van der Waals surface area (Å²) in [7, 11) is 1.68. The molecule has 106 valence electrons. The molecule has 1 aromatic heterocycles. The summed E-state index contributed by atoms with van der Waals surface area (Å²) in [6, 6.07) is 8.06. The van der Waals surface area contributed by atoms with Crippen LogP contribution in [0.1, 0.15) is 43.2 Å². The van der Waals surface area contributed by atoms with Crippen LogP contribution in [0.5, 0.6) is 5.75 Å². The van der Waals surface area contributed by atoms with E-state index in [9.17, 15) is 0 Å². The normalized spacial score (nSPS) is 15.4. The molecule has 0 spiro atoms. The lowest BCUT2D eigenvalue weighted by atomic mass is 10.0. The van der Waals surface area contributed by atoms with Crippen LogP contribution in [0.15, 0.2) is 24.3 Å². The standard InChI is InChI=1S/C16H20N2OS/c1-16(2,17)14-13(10-4-5-10)18-15(20-14)11-6-8-12(19-3)9-7-11/h6-10H,4-5,17H2,1-3H3. The first-order valence-electron chi connectivity index (χ1n) is 6.93. The average molecular weight is 288 g/mol. The first-order chi connectivity index (χ1) is 9.49. The SMILES string of the molecule is COc1ccc(-c2nc(C3CC3)c(C(C)(C)N)s2)cc1. The van der Waals surface area contributed by atoms with Crippen LogP contribution in [0.3, 0.4) is 0 Å². The quantitative estimate of drug-likeness (QED) is 0.928. The second-order valence-electron chi connectivity index (χ2n) is 5.96. The van der Waals surface area contributed by atoms with Crippen LogP contribution in [-0.4, -0.2) is 12.1 Å². The van der Waals surface area contributed by atoms with Crippen molar-refractivity contribution in [2.45, 2.75) is 38.1 Å². The van der Waals surface area contributed by atoms with Gasteiger partial charge < -0.3 is 10.5 Å². The van der Waals surface area contributed by atoms with E-state index in [4.69, 9.17) is 15.5 Å². The molecule has 1 saturated carbocycles. The smallest absolute Gasteiger partial charge is 0.123 e. The zero-order chi connectivity index (χ0) is 14.3. The third-order valence-electron chi connectivity index (χ3n) is 3.54. The first-order valence-corrected chi connectivity index (χ1v) is 7.75. The Bertz CT molecular complexity index is 606. The highest BCUT2D eigenvalue weighted by Crippen LogP contribution is 2.46. The molecule has 3 nitrogen and oxygen atoms in total. The molecule has 1 heterocycles. The van der Waals surface area contributed by atoms with Gasteiger partial charge in [0.25, 0.3) is 0 Å². The van der Waals surface area contributed by atoms with Crippen molar-refractivity contribution in [1.29, 1.82) is 0 Å². The average Bonchev–Trinajstić information content (AvgIpc) is 3.16. The van der Waals surface area contributed by atoms with Crippen LogP contribution in [-0.2, 0) is 5.54 Å². The summed E-state index contributed by atoms with van der Waals surface area (Å²) >= 11 is 1.72. The molecule has 0 radical (unpaired) electrons. The molecule has 0 saturated heterocycles. The van der Waals surface area contributed by atoms with Crippen LogP contribution < -0.4 is 10.5 Å². The van der Waals surface area contributed by atoms with E-state index in [1.807, 2.05) is 12.1 Å². The fraction of sp³-hybridized carbons (Fsp3) is 0.438. The van der Waals surface area contributed by atoms with Crippen molar-refractivity contribution in [3.63, 3.8) is 0 Å². The Morgan fingerprint density at radius 3 is 2.40 bits per heavy atom. The van der Waals surface area contributed by atoms with Crippen molar-refractivity contribution in [2.24, 2.45) is 5.73 Å². The molecular formula is C16H20N2OS. The molecule has 1 aliphatic carbocycles. The predicted molar refractivity (Wildman–Crippen MR) is 83.3 cm³/mol. The molecule has 4 heteroatoms. The van der Waals surface area contributed by atoms with Gasteiger partial charge in [-0.15, -0.1) is 11.3 Å². The van der Waals surface area contributed by atoms with Crippen molar-refractivity contribution in [2.75, 3.05) is 7.11 Å². The van der Waals surface area contributed by atoms with Gasteiger partial charge in [-0.2, -0.15) is 0 Å². The molecule has 0 atom stereocenters. The Morgan fingerprint density at radius 1 is 1.25 bits per heavy atom. The Labute approximate surface area is 123 Å². The molecule has 3 rings (SSSR count). The van der Waals surface area contributed by atoms with E-state index in [-0.39, 0.29) is 5.54 Å².